The third kappa shape index (κ3) is 2.66. The van der Waals surface area contributed by atoms with Crippen molar-refractivity contribution in [3.63, 3.8) is 0 Å². The first-order valence-electron chi connectivity index (χ1n) is 9.72. The summed E-state index contributed by atoms with van der Waals surface area (Å²) in [7, 11) is 0. The molecule has 0 bridgehead atoms. The van der Waals surface area contributed by atoms with Gasteiger partial charge in [0.2, 0.25) is 0 Å². The molecule has 5 aromatic rings. The van der Waals surface area contributed by atoms with Gasteiger partial charge in [-0.15, -0.1) is 0 Å². The maximum atomic E-state index is 12.8. The van der Waals surface area contributed by atoms with E-state index in [9.17, 15) is 4.79 Å². The van der Waals surface area contributed by atoms with Gasteiger partial charge in [-0.1, -0.05) is 66.7 Å². The second kappa shape index (κ2) is 6.71. The molecule has 0 unspecified atom stereocenters. The number of rotatable bonds is 3. The molecule has 140 valence electrons. The van der Waals surface area contributed by atoms with Gasteiger partial charge in [-0.3, -0.25) is 4.79 Å². The Morgan fingerprint density at radius 1 is 0.828 bits per heavy atom. The zero-order valence-corrected chi connectivity index (χ0v) is 16.4. The smallest absolute Gasteiger partial charge is 0.162 e. The van der Waals surface area contributed by atoms with Gasteiger partial charge >= 0.3 is 0 Å². The summed E-state index contributed by atoms with van der Waals surface area (Å²) >= 11 is 0. The van der Waals surface area contributed by atoms with Gasteiger partial charge in [-0.2, -0.15) is 0 Å². The molecule has 3 heteroatoms. The predicted molar refractivity (Wildman–Crippen MR) is 119 cm³/mol. The molecule has 3 aromatic carbocycles. The number of hydrogen-bond acceptors (Lipinski definition) is 2. The van der Waals surface area contributed by atoms with Crippen LogP contribution in [0.3, 0.4) is 0 Å². The van der Waals surface area contributed by atoms with Crippen LogP contribution in [0.2, 0.25) is 0 Å². The van der Waals surface area contributed by atoms with Crippen molar-refractivity contribution >= 4 is 27.6 Å². The van der Waals surface area contributed by atoms with Crippen LogP contribution in [0, 0.1) is 6.92 Å². The van der Waals surface area contributed by atoms with Gasteiger partial charge in [0.15, 0.2) is 5.78 Å². The Hall–Kier alpha value is -3.72. The van der Waals surface area contributed by atoms with Crippen LogP contribution in [0.25, 0.3) is 38.8 Å². The average Bonchev–Trinajstić information content (AvgIpc) is 3.07. The summed E-state index contributed by atoms with van der Waals surface area (Å²) in [6.45, 7) is 3.66. The van der Waals surface area contributed by atoms with E-state index in [4.69, 9.17) is 4.98 Å². The number of ketones is 1. The van der Waals surface area contributed by atoms with Crippen molar-refractivity contribution < 1.29 is 4.79 Å². The molecule has 3 nitrogen and oxygen atoms in total. The first kappa shape index (κ1) is 17.4. The molecule has 0 N–H and O–H groups in total. The highest BCUT2D eigenvalue weighted by molar-refractivity contribution is 6.19. The van der Waals surface area contributed by atoms with Crippen molar-refractivity contribution in [1.82, 2.24) is 9.55 Å². The molecule has 5 rings (SSSR count). The zero-order chi connectivity index (χ0) is 20.0. The van der Waals surface area contributed by atoms with Gasteiger partial charge in [0.05, 0.1) is 16.7 Å². The fourth-order valence-corrected chi connectivity index (χ4v) is 4.26. The van der Waals surface area contributed by atoms with Crippen LogP contribution in [-0.2, 0) is 0 Å². The molecule has 2 heterocycles. The van der Waals surface area contributed by atoms with Crippen molar-refractivity contribution in [2.75, 3.05) is 0 Å². The lowest BCUT2D eigenvalue weighted by Gasteiger charge is -2.12. The van der Waals surface area contributed by atoms with E-state index in [1.807, 2.05) is 61.5 Å². The second-order valence-electron chi connectivity index (χ2n) is 7.25. The normalized spacial score (nSPS) is 11.2. The highest BCUT2D eigenvalue weighted by Gasteiger charge is 2.24. The Morgan fingerprint density at radius 2 is 1.45 bits per heavy atom. The fourth-order valence-electron chi connectivity index (χ4n) is 4.26. The molecular weight excluding hydrogens is 356 g/mol. The monoisotopic (exact) mass is 376 g/mol. The lowest BCUT2D eigenvalue weighted by molar-refractivity contribution is 0.101. The standard InChI is InChI=1S/C26H20N2O/c1-17-23(18(2)29)24-25(19-11-5-3-6-12-19)27-22-16-10-9-15-21(22)26(24)28(17)20-13-7-4-8-14-20/h3-16H,1-2H3. The quantitative estimate of drug-likeness (QED) is 0.344. The lowest BCUT2D eigenvalue weighted by atomic mass is 10.00. The van der Waals surface area contributed by atoms with Crippen molar-refractivity contribution in [2.45, 2.75) is 13.8 Å². The molecule has 0 amide bonds. The van der Waals surface area contributed by atoms with Gasteiger partial charge in [0.25, 0.3) is 0 Å². The van der Waals surface area contributed by atoms with E-state index in [0.29, 0.717) is 0 Å². The number of carbonyl (C=O) groups is 1. The van der Waals surface area contributed by atoms with E-state index in [-0.39, 0.29) is 5.78 Å². The van der Waals surface area contributed by atoms with Crippen LogP contribution in [0.1, 0.15) is 23.0 Å². The molecular formula is C26H20N2O. The Kier molecular flexibility index (Phi) is 4.02. The van der Waals surface area contributed by atoms with Gasteiger partial charge in [-0.05, 0) is 32.0 Å². The lowest BCUT2D eigenvalue weighted by Crippen LogP contribution is -1.99. The summed E-state index contributed by atoms with van der Waals surface area (Å²) in [5.74, 6) is 0.0523. The van der Waals surface area contributed by atoms with E-state index in [0.717, 1.165) is 50.0 Å². The number of carbonyl (C=O) groups excluding carboxylic acids is 1. The SMILES string of the molecule is CC(=O)c1c(C)n(-c2ccccc2)c2c1c(-c1ccccc1)nc1ccccc12. The maximum Gasteiger partial charge on any atom is 0.162 e. The Labute approximate surface area is 169 Å². The molecule has 0 aliphatic carbocycles. The minimum atomic E-state index is 0.0523. The van der Waals surface area contributed by atoms with Crippen molar-refractivity contribution in [3.8, 4) is 16.9 Å². The molecule has 0 aliphatic rings. The minimum Gasteiger partial charge on any atom is -0.312 e. The average molecular weight is 376 g/mol. The summed E-state index contributed by atoms with van der Waals surface area (Å²) in [6.07, 6.45) is 0. The number of hydrogen-bond donors (Lipinski definition) is 0. The van der Waals surface area contributed by atoms with E-state index >= 15 is 0 Å². The van der Waals surface area contributed by atoms with E-state index in [1.54, 1.807) is 6.92 Å². The van der Waals surface area contributed by atoms with Crippen molar-refractivity contribution in [1.29, 1.82) is 0 Å². The Morgan fingerprint density at radius 3 is 2.14 bits per heavy atom. The highest BCUT2D eigenvalue weighted by atomic mass is 16.1. The van der Waals surface area contributed by atoms with Crippen LogP contribution in [0.15, 0.2) is 84.9 Å². The molecule has 0 aliphatic heterocycles. The predicted octanol–water partition coefficient (Wildman–Crippen LogP) is 6.36. The van der Waals surface area contributed by atoms with Crippen LogP contribution in [0.4, 0.5) is 0 Å². The fraction of sp³-hybridized carbons (Fsp3) is 0.0769. The summed E-state index contributed by atoms with van der Waals surface area (Å²) in [5.41, 5.74) is 6.53. The van der Waals surface area contributed by atoms with Crippen LogP contribution < -0.4 is 0 Å². The number of para-hydroxylation sites is 2. The third-order valence-electron chi connectivity index (χ3n) is 5.45. The summed E-state index contributed by atoms with van der Waals surface area (Å²) in [5, 5.41) is 1.96. The molecule has 0 saturated heterocycles. The molecule has 0 radical (unpaired) electrons. The number of Topliss-reactive ketones (excluding diaryl/α,β-unsaturated/α-hetero) is 1. The first-order chi connectivity index (χ1) is 14.2. The second-order valence-corrected chi connectivity index (χ2v) is 7.25. The van der Waals surface area contributed by atoms with Gasteiger partial charge < -0.3 is 4.57 Å². The summed E-state index contributed by atoms with van der Waals surface area (Å²) in [4.78, 5) is 17.8. The number of benzene rings is 3. The summed E-state index contributed by atoms with van der Waals surface area (Å²) < 4.78 is 2.20. The van der Waals surface area contributed by atoms with Crippen LogP contribution in [-0.4, -0.2) is 15.3 Å². The zero-order valence-electron chi connectivity index (χ0n) is 16.4. The van der Waals surface area contributed by atoms with Crippen LogP contribution in [0.5, 0.6) is 0 Å². The molecule has 2 aromatic heterocycles. The van der Waals surface area contributed by atoms with Crippen molar-refractivity contribution in [2.24, 2.45) is 0 Å². The van der Waals surface area contributed by atoms with Crippen molar-refractivity contribution in [3.05, 3.63) is 96.2 Å². The summed E-state index contributed by atoms with van der Waals surface area (Å²) in [6, 6.07) is 28.5. The Balaban J connectivity index is 2.06. The molecule has 0 atom stereocenters. The van der Waals surface area contributed by atoms with E-state index < -0.39 is 0 Å². The molecule has 0 fully saturated rings. The largest absolute Gasteiger partial charge is 0.312 e. The number of fused-ring (bicyclic) bond motifs is 3. The highest BCUT2D eigenvalue weighted by Crippen LogP contribution is 2.39. The van der Waals surface area contributed by atoms with Gasteiger partial charge in [-0.25, -0.2) is 4.98 Å². The third-order valence-corrected chi connectivity index (χ3v) is 5.45. The van der Waals surface area contributed by atoms with E-state index in [2.05, 4.69) is 34.9 Å². The van der Waals surface area contributed by atoms with Gasteiger partial charge in [0.1, 0.15) is 0 Å². The Bertz CT molecular complexity index is 1370. The molecule has 0 spiro atoms. The number of pyridine rings is 1. The topological polar surface area (TPSA) is 34.9 Å². The first-order valence-corrected chi connectivity index (χ1v) is 9.72. The minimum absolute atomic E-state index is 0.0523. The van der Waals surface area contributed by atoms with Gasteiger partial charge in [0, 0.05) is 33.3 Å². The molecule has 0 saturated carbocycles. The van der Waals surface area contributed by atoms with Crippen LogP contribution >= 0.6 is 0 Å². The molecule has 29 heavy (non-hydrogen) atoms. The van der Waals surface area contributed by atoms with E-state index in [1.165, 1.54) is 0 Å². The number of aromatic nitrogens is 2. The maximum absolute atomic E-state index is 12.8. The number of nitrogens with zero attached hydrogens (tertiary/aromatic N) is 2.